The Balaban J connectivity index is 1.87. The molecule has 2 heterocycles. The van der Waals surface area contributed by atoms with Crippen LogP contribution in [0.5, 0.6) is 0 Å². The van der Waals surface area contributed by atoms with Crippen LogP contribution in [0.3, 0.4) is 0 Å². The first-order valence-electron chi connectivity index (χ1n) is 10.6. The van der Waals surface area contributed by atoms with Crippen LogP contribution >= 0.6 is 0 Å². The number of aldehydes is 1. The lowest BCUT2D eigenvalue weighted by Gasteiger charge is -2.35. The van der Waals surface area contributed by atoms with Gasteiger partial charge in [0, 0.05) is 23.8 Å². The molecule has 1 unspecified atom stereocenters. The molecule has 0 saturated heterocycles. The molecule has 0 bridgehead atoms. The fourth-order valence-corrected chi connectivity index (χ4v) is 5.37. The lowest BCUT2D eigenvalue weighted by molar-refractivity contribution is -0.137. The highest BCUT2D eigenvalue weighted by atomic mass is 32.2. The quantitative estimate of drug-likeness (QED) is 0.628. The summed E-state index contributed by atoms with van der Waals surface area (Å²) in [5, 5.41) is 14.4. The van der Waals surface area contributed by atoms with Gasteiger partial charge in [0.25, 0.3) is 0 Å². The molecule has 2 aliphatic rings. The number of rotatable bonds is 5. The van der Waals surface area contributed by atoms with Crippen molar-refractivity contribution in [1.29, 1.82) is 0 Å². The van der Waals surface area contributed by atoms with Crippen molar-refractivity contribution in [3.8, 4) is 0 Å². The fraction of sp³-hybridized carbons (Fsp3) is 0.409. The van der Waals surface area contributed by atoms with Crippen LogP contribution in [0, 0.1) is 5.92 Å². The van der Waals surface area contributed by atoms with E-state index in [4.69, 9.17) is 0 Å². The third kappa shape index (κ3) is 4.46. The van der Waals surface area contributed by atoms with Crippen molar-refractivity contribution < 1.29 is 36.3 Å². The van der Waals surface area contributed by atoms with Crippen LogP contribution < -0.4 is 4.90 Å². The smallest absolute Gasteiger partial charge is 0.431 e. The molecule has 1 N–H and O–H groups in total. The molecule has 0 amide bonds. The van der Waals surface area contributed by atoms with Gasteiger partial charge in [-0.25, -0.2) is 13.2 Å². The highest BCUT2D eigenvalue weighted by molar-refractivity contribution is 7.90. The number of alkyl halides is 3. The van der Waals surface area contributed by atoms with Crippen molar-refractivity contribution in [3.63, 3.8) is 0 Å². The van der Waals surface area contributed by atoms with Gasteiger partial charge < -0.3 is 14.8 Å². The number of allylic oxidation sites excluding steroid dienone is 3. The first kappa shape index (κ1) is 24.0. The number of aliphatic carboxylic acids is 1. The number of carboxylic acids is 1. The SMILES string of the molecule is CS(=O)(=O)c1cc2nn(C3CCC(C=O)CC3)cc2cc1N1C(C(F)(F)F)=CC=CC1C(=O)O. The van der Waals surface area contributed by atoms with Crippen LogP contribution in [0.15, 0.2) is 47.2 Å². The van der Waals surface area contributed by atoms with Gasteiger partial charge in [-0.15, -0.1) is 0 Å². The molecule has 1 fully saturated rings. The number of nitrogens with zero attached hydrogens (tertiary/aromatic N) is 3. The minimum absolute atomic E-state index is 0.0163. The maximum atomic E-state index is 13.8. The van der Waals surface area contributed by atoms with Crippen molar-refractivity contribution in [3.05, 3.63) is 42.3 Å². The predicted molar refractivity (Wildman–Crippen MR) is 117 cm³/mol. The molecule has 1 aromatic carbocycles. The minimum atomic E-state index is -4.93. The zero-order valence-corrected chi connectivity index (χ0v) is 18.9. The van der Waals surface area contributed by atoms with Gasteiger partial charge in [-0.05, 0) is 43.9 Å². The Kier molecular flexibility index (Phi) is 6.05. The summed E-state index contributed by atoms with van der Waals surface area (Å²) in [7, 11) is -4.06. The Labute approximate surface area is 193 Å². The van der Waals surface area contributed by atoms with Gasteiger partial charge in [0.15, 0.2) is 15.9 Å². The summed E-state index contributed by atoms with van der Waals surface area (Å²) < 4.78 is 68.3. The zero-order chi connectivity index (χ0) is 24.8. The molecule has 8 nitrogen and oxygen atoms in total. The number of carbonyl (C=O) groups excluding carboxylic acids is 1. The molecule has 12 heteroatoms. The first-order valence-corrected chi connectivity index (χ1v) is 12.4. The van der Waals surface area contributed by atoms with E-state index >= 15 is 0 Å². The Bertz CT molecular complexity index is 1310. The predicted octanol–water partition coefficient (Wildman–Crippen LogP) is 3.65. The summed E-state index contributed by atoms with van der Waals surface area (Å²) >= 11 is 0. The van der Waals surface area contributed by atoms with E-state index in [1.807, 2.05) is 0 Å². The van der Waals surface area contributed by atoms with Crippen LogP contribution in [-0.2, 0) is 19.4 Å². The lowest BCUT2D eigenvalue weighted by atomic mass is 9.87. The molecular weight excluding hydrogens is 475 g/mol. The normalized spacial score (nSPS) is 23.7. The molecule has 34 heavy (non-hydrogen) atoms. The number of carbonyl (C=O) groups is 2. The highest BCUT2D eigenvalue weighted by Crippen LogP contribution is 2.41. The zero-order valence-electron chi connectivity index (χ0n) is 18.1. The Morgan fingerprint density at radius 3 is 2.44 bits per heavy atom. The van der Waals surface area contributed by atoms with Gasteiger partial charge in [0.2, 0.25) is 0 Å². The second-order valence-corrected chi connectivity index (χ2v) is 10.5. The van der Waals surface area contributed by atoms with Gasteiger partial charge in [-0.1, -0.05) is 12.2 Å². The van der Waals surface area contributed by atoms with Crippen molar-refractivity contribution in [2.24, 2.45) is 5.92 Å². The second-order valence-electron chi connectivity index (χ2n) is 8.55. The van der Waals surface area contributed by atoms with Crippen molar-refractivity contribution in [1.82, 2.24) is 9.78 Å². The molecule has 1 aliphatic carbocycles. The van der Waals surface area contributed by atoms with Gasteiger partial charge in [0.05, 0.1) is 22.1 Å². The molecule has 0 radical (unpaired) electrons. The largest absolute Gasteiger partial charge is 0.479 e. The number of sulfone groups is 1. The lowest BCUT2D eigenvalue weighted by Crippen LogP contribution is -2.45. The van der Waals surface area contributed by atoms with E-state index in [1.165, 1.54) is 12.1 Å². The maximum Gasteiger partial charge on any atom is 0.431 e. The van der Waals surface area contributed by atoms with E-state index in [0.717, 1.165) is 24.7 Å². The standard InChI is InChI=1S/C22H22F3N3O5S/c1-34(32,33)19-10-16-14(11-27(26-16)15-7-5-13(12-29)6-8-15)9-18(19)28-17(21(30)31)3-2-4-20(28)22(23,24)25/h2-4,9-13,15,17H,5-8H2,1H3,(H,30,31). The average Bonchev–Trinajstić information content (AvgIpc) is 3.19. The highest BCUT2D eigenvalue weighted by Gasteiger charge is 2.44. The van der Waals surface area contributed by atoms with Crippen LogP contribution in [0.4, 0.5) is 18.9 Å². The average molecular weight is 497 g/mol. The maximum absolute atomic E-state index is 13.8. The number of carboxylic acid groups (broad SMARTS) is 1. The minimum Gasteiger partial charge on any atom is -0.479 e. The number of anilines is 1. The van der Waals surface area contributed by atoms with Crippen molar-refractivity contribution in [2.45, 2.75) is 48.8 Å². The number of fused-ring (bicyclic) bond motifs is 1. The molecule has 1 saturated carbocycles. The fourth-order valence-electron chi connectivity index (χ4n) is 4.51. The van der Waals surface area contributed by atoms with E-state index in [0.29, 0.717) is 42.0 Å². The van der Waals surface area contributed by atoms with E-state index in [1.54, 1.807) is 10.9 Å². The Morgan fingerprint density at radius 1 is 1.21 bits per heavy atom. The molecule has 182 valence electrons. The molecule has 0 spiro atoms. The Hall–Kier alpha value is -3.15. The van der Waals surface area contributed by atoms with E-state index in [2.05, 4.69) is 5.10 Å². The number of halogens is 3. The van der Waals surface area contributed by atoms with E-state index < -0.39 is 38.6 Å². The van der Waals surface area contributed by atoms with Gasteiger partial charge in [-0.3, -0.25) is 4.68 Å². The number of benzene rings is 1. The van der Waals surface area contributed by atoms with E-state index in [-0.39, 0.29) is 23.2 Å². The summed E-state index contributed by atoms with van der Waals surface area (Å²) in [5.41, 5.74) is -1.41. The van der Waals surface area contributed by atoms with Crippen molar-refractivity contribution >= 4 is 38.7 Å². The van der Waals surface area contributed by atoms with Gasteiger partial charge >= 0.3 is 12.1 Å². The topological polar surface area (TPSA) is 110 Å². The molecule has 1 atom stereocenters. The van der Waals surface area contributed by atoms with Crippen LogP contribution in [-0.4, -0.2) is 54.0 Å². The summed E-state index contributed by atoms with van der Waals surface area (Å²) in [4.78, 5) is 22.9. The second kappa shape index (κ2) is 8.57. The number of aromatic nitrogens is 2. The Morgan fingerprint density at radius 2 is 1.88 bits per heavy atom. The van der Waals surface area contributed by atoms with Gasteiger partial charge in [-0.2, -0.15) is 18.3 Å². The van der Waals surface area contributed by atoms with Crippen LogP contribution in [0.25, 0.3) is 10.9 Å². The molecule has 1 aromatic heterocycles. The summed E-state index contributed by atoms with van der Waals surface area (Å²) in [5.74, 6) is -1.58. The molecule has 1 aliphatic heterocycles. The third-order valence-electron chi connectivity index (χ3n) is 6.20. The third-order valence-corrected chi connectivity index (χ3v) is 7.32. The molecule has 2 aromatic rings. The monoisotopic (exact) mass is 497 g/mol. The summed E-state index contributed by atoms with van der Waals surface area (Å²) in [6.45, 7) is 0. The molecular formula is C22H22F3N3O5S. The van der Waals surface area contributed by atoms with Gasteiger partial charge in [0.1, 0.15) is 12.0 Å². The number of hydrogen-bond donors (Lipinski definition) is 1. The molecule has 4 rings (SSSR count). The summed E-state index contributed by atoms with van der Waals surface area (Å²) in [6.07, 6.45) is 3.96. The van der Waals surface area contributed by atoms with E-state index in [9.17, 15) is 36.3 Å². The van der Waals surface area contributed by atoms with Crippen LogP contribution in [0.2, 0.25) is 0 Å². The summed E-state index contributed by atoms with van der Waals surface area (Å²) in [6, 6.07) is 0.622. The first-order chi connectivity index (χ1) is 15.9. The number of hydrogen-bond acceptors (Lipinski definition) is 6. The van der Waals surface area contributed by atoms with Crippen LogP contribution in [0.1, 0.15) is 31.7 Å². The van der Waals surface area contributed by atoms with Crippen molar-refractivity contribution in [2.75, 3.05) is 11.2 Å².